The highest BCUT2D eigenvalue weighted by Gasteiger charge is 2.22. The largest absolute Gasteiger partial charge is 0.493 e. The van der Waals surface area contributed by atoms with Crippen LogP contribution in [0.4, 0.5) is 0 Å². The van der Waals surface area contributed by atoms with Crippen LogP contribution in [-0.4, -0.2) is 53.1 Å². The third kappa shape index (κ3) is 4.20. The Kier molecular flexibility index (Phi) is 5.46. The van der Waals surface area contributed by atoms with Crippen molar-refractivity contribution in [1.29, 1.82) is 0 Å². The molecule has 1 aromatic heterocycles. The Morgan fingerprint density at radius 1 is 1.06 bits per heavy atom. The van der Waals surface area contributed by atoms with Gasteiger partial charge in [-0.05, 0) is 29.3 Å². The Hall–Kier alpha value is -2.77. The van der Waals surface area contributed by atoms with Crippen molar-refractivity contribution in [2.24, 2.45) is 0 Å². The van der Waals surface area contributed by atoms with E-state index in [0.29, 0.717) is 35.8 Å². The molecule has 0 spiro atoms. The smallest absolute Gasteiger partial charge is 0.419 e. The molecule has 0 bridgehead atoms. The fraction of sp³-hybridized carbons (Fsp3) is 0.391. The zero-order chi connectivity index (χ0) is 21.4. The summed E-state index contributed by atoms with van der Waals surface area (Å²) in [6, 6.07) is 11.5. The van der Waals surface area contributed by atoms with E-state index >= 15 is 0 Å². The number of benzene rings is 2. The topological polar surface area (TPSA) is 67.9 Å². The Morgan fingerprint density at radius 2 is 1.90 bits per heavy atom. The maximum absolute atomic E-state index is 12.7. The van der Waals surface area contributed by atoms with Crippen molar-refractivity contribution < 1.29 is 13.9 Å². The number of carbonyl (C=O) groups is 1. The molecule has 0 atom stereocenters. The highest BCUT2D eigenvalue weighted by atomic mass is 35.5. The number of ether oxygens (including phenoxy) is 1. The Labute approximate surface area is 184 Å². The molecule has 1 amide bonds. The second-order valence-corrected chi connectivity index (χ2v) is 8.52. The second-order valence-electron chi connectivity index (χ2n) is 8.08. The van der Waals surface area contributed by atoms with Gasteiger partial charge in [-0.2, -0.15) is 0 Å². The number of aryl methyl sites for hydroxylation is 1. The lowest BCUT2D eigenvalue weighted by atomic mass is 10.1. The third-order valence-corrected chi connectivity index (χ3v) is 6.30. The van der Waals surface area contributed by atoms with Crippen molar-refractivity contribution in [2.75, 3.05) is 32.8 Å². The summed E-state index contributed by atoms with van der Waals surface area (Å²) in [4.78, 5) is 29.1. The van der Waals surface area contributed by atoms with Crippen molar-refractivity contribution in [3.8, 4) is 5.75 Å². The number of halogens is 1. The Morgan fingerprint density at radius 3 is 2.74 bits per heavy atom. The highest BCUT2D eigenvalue weighted by Crippen LogP contribution is 2.26. The van der Waals surface area contributed by atoms with Crippen molar-refractivity contribution >= 4 is 28.6 Å². The Bertz CT molecular complexity index is 1180. The van der Waals surface area contributed by atoms with Crippen LogP contribution >= 0.6 is 11.6 Å². The molecule has 5 rings (SSSR count). The molecule has 0 saturated carbocycles. The van der Waals surface area contributed by atoms with Crippen molar-refractivity contribution in [3.63, 3.8) is 0 Å². The first kappa shape index (κ1) is 20.2. The van der Waals surface area contributed by atoms with Gasteiger partial charge in [0.2, 0.25) is 5.91 Å². The lowest BCUT2D eigenvalue weighted by Crippen LogP contribution is -2.48. The van der Waals surface area contributed by atoms with Crippen LogP contribution in [0.3, 0.4) is 0 Å². The lowest BCUT2D eigenvalue weighted by molar-refractivity contribution is -0.133. The standard InChI is InChI=1S/C23H24ClN3O4/c24-18-2-3-19-21(14-18)31-23(29)27(19)7-5-22(28)26-10-8-25(9-11-26)15-16-1-4-20-17(13-16)6-12-30-20/h1-4,13-14H,5-12,15H2. The van der Waals surface area contributed by atoms with E-state index in [1.807, 2.05) is 4.90 Å². The predicted molar refractivity (Wildman–Crippen MR) is 118 cm³/mol. The number of hydrogen-bond acceptors (Lipinski definition) is 5. The predicted octanol–water partition coefficient (Wildman–Crippen LogP) is 2.92. The maximum Gasteiger partial charge on any atom is 0.419 e. The van der Waals surface area contributed by atoms with E-state index in [0.717, 1.165) is 38.4 Å². The van der Waals surface area contributed by atoms with Crippen LogP contribution in [0.15, 0.2) is 45.6 Å². The summed E-state index contributed by atoms with van der Waals surface area (Å²) in [5, 5.41) is 0.510. The molecular weight excluding hydrogens is 418 g/mol. The average molecular weight is 442 g/mol. The van der Waals surface area contributed by atoms with Crippen LogP contribution in [0.2, 0.25) is 5.02 Å². The first-order valence-electron chi connectivity index (χ1n) is 10.6. The van der Waals surface area contributed by atoms with Crippen LogP contribution in [-0.2, 0) is 24.3 Å². The van der Waals surface area contributed by atoms with E-state index < -0.39 is 5.76 Å². The van der Waals surface area contributed by atoms with Crippen molar-refractivity contribution in [3.05, 3.63) is 63.1 Å². The van der Waals surface area contributed by atoms with E-state index in [4.69, 9.17) is 20.8 Å². The minimum atomic E-state index is -0.463. The lowest BCUT2D eigenvalue weighted by Gasteiger charge is -2.35. The van der Waals surface area contributed by atoms with Crippen LogP contribution < -0.4 is 10.5 Å². The molecule has 0 N–H and O–H groups in total. The van der Waals surface area contributed by atoms with Gasteiger partial charge >= 0.3 is 5.76 Å². The minimum absolute atomic E-state index is 0.0598. The molecule has 0 radical (unpaired) electrons. The second kappa shape index (κ2) is 8.40. The summed E-state index contributed by atoms with van der Waals surface area (Å²) in [7, 11) is 0. The van der Waals surface area contributed by atoms with E-state index in [1.54, 1.807) is 18.2 Å². The first-order valence-corrected chi connectivity index (χ1v) is 11.0. The van der Waals surface area contributed by atoms with Gasteiger partial charge in [-0.3, -0.25) is 14.3 Å². The molecule has 162 valence electrons. The van der Waals surface area contributed by atoms with Gasteiger partial charge in [0.15, 0.2) is 5.58 Å². The third-order valence-electron chi connectivity index (χ3n) is 6.06. The number of amides is 1. The number of carbonyl (C=O) groups excluding carboxylic acids is 1. The quantitative estimate of drug-likeness (QED) is 0.609. The van der Waals surface area contributed by atoms with E-state index in [1.165, 1.54) is 15.7 Å². The molecule has 3 heterocycles. The number of aromatic nitrogens is 1. The monoisotopic (exact) mass is 441 g/mol. The zero-order valence-electron chi connectivity index (χ0n) is 17.2. The van der Waals surface area contributed by atoms with Gasteiger partial charge in [0.25, 0.3) is 0 Å². The van der Waals surface area contributed by atoms with Gasteiger partial charge in [0.05, 0.1) is 12.1 Å². The average Bonchev–Trinajstić information content (AvgIpc) is 3.35. The summed E-state index contributed by atoms with van der Waals surface area (Å²) < 4.78 is 12.3. The van der Waals surface area contributed by atoms with Crippen LogP contribution in [0.5, 0.6) is 5.75 Å². The highest BCUT2D eigenvalue weighted by molar-refractivity contribution is 6.31. The minimum Gasteiger partial charge on any atom is -0.493 e. The van der Waals surface area contributed by atoms with E-state index in [-0.39, 0.29) is 12.3 Å². The van der Waals surface area contributed by atoms with Gasteiger partial charge in [-0.15, -0.1) is 0 Å². The fourth-order valence-corrected chi connectivity index (χ4v) is 4.53. The summed E-state index contributed by atoms with van der Waals surface area (Å²) in [5.74, 6) is 0.603. The molecule has 3 aromatic rings. The maximum atomic E-state index is 12.7. The van der Waals surface area contributed by atoms with Gasteiger partial charge in [0, 0.05) is 63.2 Å². The Balaban J connectivity index is 1.15. The summed E-state index contributed by atoms with van der Waals surface area (Å²) in [6.07, 6.45) is 1.25. The normalized spacial score (nSPS) is 16.5. The molecule has 2 aromatic carbocycles. The molecule has 2 aliphatic heterocycles. The van der Waals surface area contributed by atoms with Crippen LogP contribution in [0.25, 0.3) is 11.1 Å². The molecule has 31 heavy (non-hydrogen) atoms. The van der Waals surface area contributed by atoms with Crippen molar-refractivity contribution in [1.82, 2.24) is 14.4 Å². The molecule has 8 heteroatoms. The fourth-order valence-electron chi connectivity index (χ4n) is 4.37. The van der Waals surface area contributed by atoms with Crippen LogP contribution in [0.1, 0.15) is 17.5 Å². The number of piperazine rings is 1. The molecule has 0 aliphatic carbocycles. The zero-order valence-corrected chi connectivity index (χ0v) is 17.9. The van der Waals surface area contributed by atoms with Crippen LogP contribution in [0, 0.1) is 0 Å². The number of oxazole rings is 1. The van der Waals surface area contributed by atoms with Crippen molar-refractivity contribution in [2.45, 2.75) is 25.9 Å². The molecule has 7 nitrogen and oxygen atoms in total. The van der Waals surface area contributed by atoms with Gasteiger partial charge < -0.3 is 14.1 Å². The molecule has 1 saturated heterocycles. The first-order chi connectivity index (χ1) is 15.1. The molecule has 2 aliphatic rings. The van der Waals surface area contributed by atoms with Gasteiger partial charge in [0.1, 0.15) is 5.75 Å². The molecule has 1 fully saturated rings. The van der Waals surface area contributed by atoms with E-state index in [2.05, 4.69) is 23.1 Å². The summed E-state index contributed by atoms with van der Waals surface area (Å²) in [6.45, 7) is 5.03. The molecule has 0 unspecified atom stereocenters. The number of nitrogens with zero attached hydrogens (tertiary/aromatic N) is 3. The SMILES string of the molecule is O=C(CCn1c(=O)oc2cc(Cl)ccc21)N1CCN(Cc2ccc3c(c2)CCO3)CC1. The molecular formula is C23H24ClN3O4. The number of rotatable bonds is 5. The van der Waals surface area contributed by atoms with Gasteiger partial charge in [-0.1, -0.05) is 23.7 Å². The number of hydrogen-bond donors (Lipinski definition) is 0. The summed E-state index contributed by atoms with van der Waals surface area (Å²) >= 11 is 5.96. The van der Waals surface area contributed by atoms with E-state index in [9.17, 15) is 9.59 Å². The summed E-state index contributed by atoms with van der Waals surface area (Å²) in [5.41, 5.74) is 3.68. The van der Waals surface area contributed by atoms with Gasteiger partial charge in [-0.25, -0.2) is 4.79 Å². The number of fused-ring (bicyclic) bond motifs is 2.